The van der Waals surface area contributed by atoms with Gasteiger partial charge in [0.15, 0.2) is 21.8 Å². The monoisotopic (exact) mass is 462 g/mol. The zero-order valence-corrected chi connectivity index (χ0v) is 18.9. The number of nitrogens with one attached hydrogen (secondary N) is 1. The van der Waals surface area contributed by atoms with Gasteiger partial charge in [-0.15, -0.1) is 0 Å². The molecule has 0 saturated carbocycles. The van der Waals surface area contributed by atoms with Crippen molar-refractivity contribution >= 4 is 21.7 Å². The van der Waals surface area contributed by atoms with E-state index in [1.54, 1.807) is 48.2 Å². The van der Waals surface area contributed by atoms with Gasteiger partial charge in [0.25, 0.3) is 0 Å². The first-order chi connectivity index (χ1) is 15.2. The molecule has 2 aromatic carbocycles. The maximum atomic E-state index is 13.5. The van der Waals surface area contributed by atoms with Crippen LogP contribution in [-0.4, -0.2) is 55.5 Å². The summed E-state index contributed by atoms with van der Waals surface area (Å²) in [5.41, 5.74) is 2.03. The van der Waals surface area contributed by atoms with E-state index in [1.807, 2.05) is 6.92 Å². The van der Waals surface area contributed by atoms with Gasteiger partial charge in [0.1, 0.15) is 5.82 Å². The number of rotatable bonds is 8. The van der Waals surface area contributed by atoms with Crippen LogP contribution >= 0.6 is 0 Å². The van der Waals surface area contributed by atoms with Gasteiger partial charge in [0.2, 0.25) is 0 Å². The normalized spacial score (nSPS) is 18.3. The summed E-state index contributed by atoms with van der Waals surface area (Å²) in [5, 5.41) is 2.61. The highest BCUT2D eigenvalue weighted by atomic mass is 32.2. The van der Waals surface area contributed by atoms with E-state index in [0.717, 1.165) is 5.56 Å². The average molecular weight is 463 g/mol. The first kappa shape index (κ1) is 23.9. The van der Waals surface area contributed by atoms with Crippen LogP contribution in [0, 0.1) is 12.7 Å². The number of nitrogens with zero attached hydrogens (tertiary/aromatic N) is 1. The zero-order valence-electron chi connectivity index (χ0n) is 18.1. The average Bonchev–Trinajstić information content (AvgIpc) is 3.11. The highest BCUT2D eigenvalue weighted by molar-refractivity contribution is 7.91. The van der Waals surface area contributed by atoms with Gasteiger partial charge >= 0.3 is 6.09 Å². The Bertz CT molecular complexity index is 1050. The molecule has 0 aromatic heterocycles. The third-order valence-electron chi connectivity index (χ3n) is 5.40. The van der Waals surface area contributed by atoms with E-state index in [4.69, 9.17) is 4.74 Å². The maximum absolute atomic E-state index is 13.5. The van der Waals surface area contributed by atoms with Crippen LogP contribution < -0.4 is 5.32 Å². The Morgan fingerprint density at radius 1 is 1.16 bits per heavy atom. The molecule has 0 aliphatic carbocycles. The number of hydrogen-bond acceptors (Lipinski definition) is 6. The summed E-state index contributed by atoms with van der Waals surface area (Å²) >= 11 is 0. The van der Waals surface area contributed by atoms with Crippen molar-refractivity contribution in [2.24, 2.45) is 0 Å². The molecule has 1 amide bonds. The summed E-state index contributed by atoms with van der Waals surface area (Å²) in [5.74, 6) is -0.913. The third kappa shape index (κ3) is 6.14. The Hall–Kier alpha value is -2.78. The fourth-order valence-corrected chi connectivity index (χ4v) is 5.47. The number of ketones is 1. The summed E-state index contributed by atoms with van der Waals surface area (Å²) in [6.45, 7) is 3.81. The predicted molar refractivity (Wildman–Crippen MR) is 118 cm³/mol. The van der Waals surface area contributed by atoms with Gasteiger partial charge in [-0.05, 0) is 38.0 Å². The summed E-state index contributed by atoms with van der Waals surface area (Å²) in [6.07, 6.45) is -1.60. The lowest BCUT2D eigenvalue weighted by molar-refractivity contribution is 0.0619. The Balaban J connectivity index is 1.99. The van der Waals surface area contributed by atoms with Gasteiger partial charge in [-0.3, -0.25) is 15.0 Å². The summed E-state index contributed by atoms with van der Waals surface area (Å²) in [7, 11) is -3.26. The Morgan fingerprint density at radius 3 is 2.38 bits per heavy atom. The topological polar surface area (TPSA) is 92.8 Å². The van der Waals surface area contributed by atoms with Gasteiger partial charge in [-0.25, -0.2) is 17.6 Å². The number of carbonyl (C=O) groups is 2. The molecule has 172 valence electrons. The van der Waals surface area contributed by atoms with Crippen molar-refractivity contribution in [3.8, 4) is 0 Å². The molecule has 0 radical (unpaired) electrons. The summed E-state index contributed by atoms with van der Waals surface area (Å²) in [6, 6.07) is 12.2. The largest absolute Gasteiger partial charge is 0.450 e. The Labute approximate surface area is 187 Å². The lowest BCUT2D eigenvalue weighted by Gasteiger charge is -2.35. The van der Waals surface area contributed by atoms with Crippen LogP contribution in [0.5, 0.6) is 0 Å². The molecule has 32 heavy (non-hydrogen) atoms. The van der Waals surface area contributed by atoms with Crippen LogP contribution in [0.4, 0.5) is 9.18 Å². The maximum Gasteiger partial charge on any atom is 0.408 e. The number of ether oxygens (including phenoxy) is 1. The first-order valence-electron chi connectivity index (χ1n) is 10.4. The molecule has 1 fully saturated rings. The van der Waals surface area contributed by atoms with Gasteiger partial charge in [-0.2, -0.15) is 0 Å². The van der Waals surface area contributed by atoms with Crippen molar-refractivity contribution in [2.75, 3.05) is 18.1 Å². The molecule has 9 heteroatoms. The van der Waals surface area contributed by atoms with E-state index >= 15 is 0 Å². The third-order valence-corrected chi connectivity index (χ3v) is 7.15. The summed E-state index contributed by atoms with van der Waals surface area (Å²) < 4.78 is 42.8. The van der Waals surface area contributed by atoms with Crippen molar-refractivity contribution in [2.45, 2.75) is 39.0 Å². The zero-order chi connectivity index (χ0) is 23.3. The molecule has 1 heterocycles. The lowest BCUT2D eigenvalue weighted by atomic mass is 10.0. The van der Waals surface area contributed by atoms with E-state index in [1.165, 1.54) is 12.1 Å². The van der Waals surface area contributed by atoms with Crippen molar-refractivity contribution in [3.05, 3.63) is 71.0 Å². The predicted octanol–water partition coefficient (Wildman–Crippen LogP) is 3.08. The van der Waals surface area contributed by atoms with E-state index in [-0.39, 0.29) is 30.4 Å². The second-order valence-electron chi connectivity index (χ2n) is 7.85. The molecule has 0 spiro atoms. The molecular formula is C23H27FN2O5S. The van der Waals surface area contributed by atoms with Gasteiger partial charge in [0, 0.05) is 18.2 Å². The number of benzene rings is 2. The number of Topliss-reactive ketones (excluding diaryl/α,β-unsaturated/α-hetero) is 1. The first-order valence-corrected chi connectivity index (χ1v) is 12.3. The van der Waals surface area contributed by atoms with E-state index in [9.17, 15) is 22.4 Å². The van der Waals surface area contributed by atoms with Crippen LogP contribution in [0.3, 0.4) is 0 Å². The molecule has 0 bridgehead atoms. The number of halogens is 1. The molecule has 2 aromatic rings. The van der Waals surface area contributed by atoms with Crippen LogP contribution in [0.1, 0.15) is 34.8 Å². The number of amides is 1. The van der Waals surface area contributed by atoms with E-state index < -0.39 is 34.0 Å². The van der Waals surface area contributed by atoms with Crippen molar-refractivity contribution in [3.63, 3.8) is 0 Å². The Morgan fingerprint density at radius 2 is 1.81 bits per heavy atom. The van der Waals surface area contributed by atoms with Crippen LogP contribution in [0.2, 0.25) is 0 Å². The molecular weight excluding hydrogens is 435 g/mol. The molecule has 1 N–H and O–H groups in total. The van der Waals surface area contributed by atoms with Crippen molar-refractivity contribution < 1.29 is 27.1 Å². The number of carbonyl (C=O) groups excluding carboxylic acids is 2. The molecule has 2 unspecified atom stereocenters. The second kappa shape index (κ2) is 10.2. The highest BCUT2D eigenvalue weighted by Crippen LogP contribution is 2.24. The van der Waals surface area contributed by atoms with Crippen LogP contribution in [0.15, 0.2) is 48.5 Å². The molecule has 7 nitrogen and oxygen atoms in total. The molecule has 1 saturated heterocycles. The minimum Gasteiger partial charge on any atom is -0.450 e. The van der Waals surface area contributed by atoms with E-state index in [0.29, 0.717) is 17.5 Å². The van der Waals surface area contributed by atoms with Gasteiger partial charge in [-0.1, -0.05) is 42.0 Å². The number of alkyl carbamates (subject to hydrolysis) is 1. The fourth-order valence-electron chi connectivity index (χ4n) is 3.73. The molecule has 3 rings (SSSR count). The van der Waals surface area contributed by atoms with Crippen LogP contribution in [0.25, 0.3) is 0 Å². The standard InChI is InChI=1S/C23H27FN2O5S/c1-3-31-23(28)25-22(21(27)18-8-4-16(2)5-9-18)26(20-12-13-32(29,30)15-20)14-17-6-10-19(24)11-7-17/h4-11,20,22H,3,12-15H2,1-2H3,(H,25,28). The summed E-state index contributed by atoms with van der Waals surface area (Å²) in [4.78, 5) is 27.4. The van der Waals surface area contributed by atoms with Crippen LogP contribution in [-0.2, 0) is 21.1 Å². The van der Waals surface area contributed by atoms with Crippen molar-refractivity contribution in [1.29, 1.82) is 0 Å². The van der Waals surface area contributed by atoms with Gasteiger partial charge in [0.05, 0.1) is 18.1 Å². The quantitative estimate of drug-likeness (QED) is 0.479. The molecule has 1 aliphatic heterocycles. The number of sulfone groups is 1. The smallest absolute Gasteiger partial charge is 0.408 e. The minimum atomic E-state index is -3.26. The Kier molecular flexibility index (Phi) is 7.63. The SMILES string of the molecule is CCOC(=O)NC(C(=O)c1ccc(C)cc1)N(Cc1ccc(F)cc1)C1CCS(=O)(=O)C1. The van der Waals surface area contributed by atoms with Crippen molar-refractivity contribution in [1.82, 2.24) is 10.2 Å². The highest BCUT2D eigenvalue weighted by Gasteiger charge is 2.39. The number of aryl methyl sites for hydroxylation is 1. The lowest BCUT2D eigenvalue weighted by Crippen LogP contribution is -2.56. The fraction of sp³-hybridized carbons (Fsp3) is 0.391. The second-order valence-corrected chi connectivity index (χ2v) is 10.1. The number of hydrogen-bond donors (Lipinski definition) is 1. The minimum absolute atomic E-state index is 0.00241. The molecule has 1 aliphatic rings. The van der Waals surface area contributed by atoms with E-state index in [2.05, 4.69) is 5.32 Å². The molecule has 2 atom stereocenters. The van der Waals surface area contributed by atoms with Gasteiger partial charge < -0.3 is 4.74 Å².